The standard InChI is InChI=1S/C16H23F2NO2/c1-11(19-13-4-2-12(9-20)3-5-13)10-21-14-6-7-15(17)16(18)8-14/h6-8,11-13,19-20H,2-5,9-10H2,1H3. The van der Waals surface area contributed by atoms with E-state index in [2.05, 4.69) is 5.32 Å². The van der Waals surface area contributed by atoms with Gasteiger partial charge in [-0.2, -0.15) is 0 Å². The van der Waals surface area contributed by atoms with Crippen molar-refractivity contribution in [2.24, 2.45) is 5.92 Å². The van der Waals surface area contributed by atoms with Gasteiger partial charge in [-0.05, 0) is 50.7 Å². The molecule has 3 nitrogen and oxygen atoms in total. The third kappa shape index (κ3) is 4.93. The Morgan fingerprint density at radius 1 is 1.24 bits per heavy atom. The largest absolute Gasteiger partial charge is 0.492 e. The van der Waals surface area contributed by atoms with Crippen molar-refractivity contribution in [1.29, 1.82) is 0 Å². The lowest BCUT2D eigenvalue weighted by molar-refractivity contribution is 0.166. The molecule has 2 N–H and O–H groups in total. The normalized spacial score (nSPS) is 23.8. The van der Waals surface area contributed by atoms with Gasteiger partial charge in [-0.1, -0.05) is 0 Å². The van der Waals surface area contributed by atoms with E-state index >= 15 is 0 Å². The molecule has 1 saturated carbocycles. The van der Waals surface area contributed by atoms with E-state index < -0.39 is 11.6 Å². The smallest absolute Gasteiger partial charge is 0.162 e. The molecule has 0 spiro atoms. The fourth-order valence-corrected chi connectivity index (χ4v) is 2.75. The number of rotatable bonds is 6. The molecule has 1 aliphatic carbocycles. The summed E-state index contributed by atoms with van der Waals surface area (Å²) in [4.78, 5) is 0. The molecule has 1 unspecified atom stereocenters. The van der Waals surface area contributed by atoms with Crippen molar-refractivity contribution in [2.75, 3.05) is 13.2 Å². The summed E-state index contributed by atoms with van der Waals surface area (Å²) >= 11 is 0. The molecule has 1 atom stereocenters. The van der Waals surface area contributed by atoms with Gasteiger partial charge in [-0.25, -0.2) is 8.78 Å². The topological polar surface area (TPSA) is 41.5 Å². The van der Waals surface area contributed by atoms with Gasteiger partial charge in [0.05, 0.1) is 0 Å². The lowest BCUT2D eigenvalue weighted by Crippen LogP contribution is -2.42. The highest BCUT2D eigenvalue weighted by atomic mass is 19.2. The minimum atomic E-state index is -0.893. The second kappa shape index (κ2) is 7.71. The molecule has 1 aliphatic rings. The molecule has 5 heteroatoms. The fourth-order valence-electron chi connectivity index (χ4n) is 2.75. The van der Waals surface area contributed by atoms with Crippen molar-refractivity contribution in [1.82, 2.24) is 5.32 Å². The van der Waals surface area contributed by atoms with Gasteiger partial charge >= 0.3 is 0 Å². The second-order valence-corrected chi connectivity index (χ2v) is 5.85. The second-order valence-electron chi connectivity index (χ2n) is 5.85. The Morgan fingerprint density at radius 2 is 1.95 bits per heavy atom. The van der Waals surface area contributed by atoms with Crippen molar-refractivity contribution in [3.8, 4) is 5.75 Å². The molecule has 0 heterocycles. The summed E-state index contributed by atoms with van der Waals surface area (Å²) in [6, 6.07) is 4.13. The van der Waals surface area contributed by atoms with Crippen LogP contribution < -0.4 is 10.1 Å². The van der Waals surface area contributed by atoms with Crippen molar-refractivity contribution in [2.45, 2.75) is 44.7 Å². The molecule has 21 heavy (non-hydrogen) atoms. The van der Waals surface area contributed by atoms with Crippen LogP contribution in [0.3, 0.4) is 0 Å². The minimum absolute atomic E-state index is 0.133. The first-order chi connectivity index (χ1) is 10.1. The average Bonchev–Trinajstić information content (AvgIpc) is 2.49. The van der Waals surface area contributed by atoms with E-state index in [-0.39, 0.29) is 12.6 Å². The predicted molar refractivity (Wildman–Crippen MR) is 77.3 cm³/mol. The van der Waals surface area contributed by atoms with Crippen molar-refractivity contribution >= 4 is 0 Å². The highest BCUT2D eigenvalue weighted by Gasteiger charge is 2.21. The van der Waals surface area contributed by atoms with Crippen LogP contribution in [-0.2, 0) is 0 Å². The van der Waals surface area contributed by atoms with Gasteiger partial charge in [-0.15, -0.1) is 0 Å². The Bertz CT molecular complexity index is 448. The van der Waals surface area contributed by atoms with Crippen LogP contribution in [0.5, 0.6) is 5.75 Å². The van der Waals surface area contributed by atoms with Crippen LogP contribution in [0, 0.1) is 17.6 Å². The summed E-state index contributed by atoms with van der Waals surface area (Å²) < 4.78 is 31.3. The maximum absolute atomic E-state index is 13.1. The van der Waals surface area contributed by atoms with Gasteiger partial charge in [0.25, 0.3) is 0 Å². The van der Waals surface area contributed by atoms with E-state index in [1.807, 2.05) is 6.92 Å². The van der Waals surface area contributed by atoms with Crippen LogP contribution >= 0.6 is 0 Å². The average molecular weight is 299 g/mol. The fraction of sp³-hybridized carbons (Fsp3) is 0.625. The lowest BCUT2D eigenvalue weighted by atomic mass is 9.86. The van der Waals surface area contributed by atoms with Crippen LogP contribution in [0.25, 0.3) is 0 Å². The highest BCUT2D eigenvalue weighted by Crippen LogP contribution is 2.24. The van der Waals surface area contributed by atoms with E-state index in [1.54, 1.807) is 0 Å². The Labute approximate surface area is 124 Å². The first-order valence-electron chi connectivity index (χ1n) is 7.53. The Hall–Kier alpha value is -1.20. The molecule has 2 rings (SSSR count). The van der Waals surface area contributed by atoms with Gasteiger partial charge in [-0.3, -0.25) is 0 Å². The minimum Gasteiger partial charge on any atom is -0.492 e. The third-order valence-corrected chi connectivity index (χ3v) is 4.02. The van der Waals surface area contributed by atoms with E-state index in [0.717, 1.165) is 37.8 Å². The number of halogens is 2. The zero-order valence-electron chi connectivity index (χ0n) is 12.3. The van der Waals surface area contributed by atoms with Crippen LogP contribution in [0.2, 0.25) is 0 Å². The third-order valence-electron chi connectivity index (χ3n) is 4.02. The van der Waals surface area contributed by atoms with Gasteiger partial charge in [0.15, 0.2) is 11.6 Å². The zero-order chi connectivity index (χ0) is 15.2. The van der Waals surface area contributed by atoms with E-state index in [1.165, 1.54) is 6.07 Å². The summed E-state index contributed by atoms with van der Waals surface area (Å²) in [7, 11) is 0. The first-order valence-corrected chi connectivity index (χ1v) is 7.53. The summed E-state index contributed by atoms with van der Waals surface area (Å²) in [5, 5.41) is 12.6. The van der Waals surface area contributed by atoms with E-state index in [4.69, 9.17) is 9.84 Å². The summed E-state index contributed by atoms with van der Waals surface area (Å²) in [6.07, 6.45) is 4.21. The van der Waals surface area contributed by atoms with Crippen LogP contribution in [0.4, 0.5) is 8.78 Å². The van der Waals surface area contributed by atoms with Gasteiger partial charge in [0.1, 0.15) is 12.4 Å². The highest BCUT2D eigenvalue weighted by molar-refractivity contribution is 5.23. The first kappa shape index (κ1) is 16.2. The predicted octanol–water partition coefficient (Wildman–Crippen LogP) is 2.87. The Kier molecular flexibility index (Phi) is 5.94. The van der Waals surface area contributed by atoms with Crippen LogP contribution in [0.1, 0.15) is 32.6 Å². The van der Waals surface area contributed by atoms with E-state index in [0.29, 0.717) is 24.3 Å². The molecule has 0 radical (unpaired) electrons. The summed E-state index contributed by atoms with van der Waals surface area (Å²) in [6.45, 7) is 2.70. The molecule has 0 aliphatic heterocycles. The van der Waals surface area contributed by atoms with Crippen molar-refractivity contribution in [3.05, 3.63) is 29.8 Å². The Morgan fingerprint density at radius 3 is 2.57 bits per heavy atom. The molecule has 0 amide bonds. The SMILES string of the molecule is CC(COc1ccc(F)c(F)c1)NC1CCC(CO)CC1. The number of ether oxygens (including phenoxy) is 1. The van der Waals surface area contributed by atoms with Crippen molar-refractivity contribution in [3.63, 3.8) is 0 Å². The molecule has 0 aromatic heterocycles. The van der Waals surface area contributed by atoms with Crippen LogP contribution in [-0.4, -0.2) is 30.4 Å². The number of benzene rings is 1. The molecule has 0 saturated heterocycles. The molecule has 1 aromatic carbocycles. The molecule has 118 valence electrons. The number of aliphatic hydroxyl groups excluding tert-OH is 1. The number of hydrogen-bond donors (Lipinski definition) is 2. The van der Waals surface area contributed by atoms with Crippen molar-refractivity contribution < 1.29 is 18.6 Å². The molecule has 0 bridgehead atoms. The van der Waals surface area contributed by atoms with Gasteiger partial charge < -0.3 is 15.2 Å². The number of aliphatic hydroxyl groups is 1. The van der Waals surface area contributed by atoms with Gasteiger partial charge in [0, 0.05) is 24.8 Å². The summed E-state index contributed by atoms with van der Waals surface area (Å²) in [5.74, 6) is -0.979. The van der Waals surface area contributed by atoms with Crippen LogP contribution in [0.15, 0.2) is 18.2 Å². The molecule has 1 fully saturated rings. The lowest BCUT2D eigenvalue weighted by Gasteiger charge is -2.30. The Balaban J connectivity index is 1.72. The molecule has 1 aromatic rings. The quantitative estimate of drug-likeness (QED) is 0.848. The summed E-state index contributed by atoms with van der Waals surface area (Å²) in [5.41, 5.74) is 0. The maximum Gasteiger partial charge on any atom is 0.162 e. The number of hydrogen-bond acceptors (Lipinski definition) is 3. The zero-order valence-corrected chi connectivity index (χ0v) is 12.3. The van der Waals surface area contributed by atoms with E-state index in [9.17, 15) is 8.78 Å². The van der Waals surface area contributed by atoms with Gasteiger partial charge in [0.2, 0.25) is 0 Å². The molecular weight excluding hydrogens is 276 g/mol. The number of nitrogens with one attached hydrogen (secondary N) is 1. The maximum atomic E-state index is 13.1. The monoisotopic (exact) mass is 299 g/mol. The molecular formula is C16H23F2NO2.